The molecule has 2 unspecified atom stereocenters. The van der Waals surface area contributed by atoms with Crippen molar-refractivity contribution in [2.45, 2.75) is 243 Å². The molecule has 1 aliphatic heterocycles. The van der Waals surface area contributed by atoms with Crippen molar-refractivity contribution in [3.63, 3.8) is 0 Å². The fourth-order valence-corrected chi connectivity index (χ4v) is 8.04. The number of hydrogen-bond donors (Lipinski definition) is 4. The first-order valence-corrected chi connectivity index (χ1v) is 26.2. The molecule has 4 N–H and O–H groups in total. The minimum Gasteiger partial charge on any atom is -0.462 e. The first-order chi connectivity index (χ1) is 30.0. The molecule has 6 atom stereocenters. The van der Waals surface area contributed by atoms with Gasteiger partial charge >= 0.3 is 11.9 Å². The molecule has 0 aromatic carbocycles. The van der Waals surface area contributed by atoms with Crippen LogP contribution < -0.4 is 0 Å². The molecular weight excluding hydrogens is 813 g/mol. The zero-order chi connectivity index (χ0) is 45.5. The fraction of sp³-hybridized carbons (Fsp3) is 0.837. The second kappa shape index (κ2) is 39.3. The Morgan fingerprint density at radius 3 is 1.48 bits per heavy atom. The second-order valence-corrected chi connectivity index (χ2v) is 18.6. The number of aliphatic hydroxyl groups is 3. The maximum atomic E-state index is 12.8. The van der Waals surface area contributed by atoms with Gasteiger partial charge in [-0.2, -0.15) is 8.42 Å². The smallest absolute Gasteiger partial charge is 0.306 e. The average Bonchev–Trinajstić information content (AvgIpc) is 3.24. The molecule has 0 amide bonds. The monoisotopic (exact) mass is 901 g/mol. The van der Waals surface area contributed by atoms with Crippen LogP contribution in [0, 0.1) is 0 Å². The maximum Gasteiger partial charge on any atom is 0.306 e. The zero-order valence-corrected chi connectivity index (χ0v) is 39.5. The Morgan fingerprint density at radius 1 is 0.548 bits per heavy atom. The summed E-state index contributed by atoms with van der Waals surface area (Å²) >= 11 is 0. The number of hydrogen-bond acceptors (Lipinski definition) is 11. The van der Waals surface area contributed by atoms with E-state index < -0.39 is 71.2 Å². The third-order valence-electron chi connectivity index (χ3n) is 11.2. The van der Waals surface area contributed by atoms with Crippen LogP contribution in [0.3, 0.4) is 0 Å². The highest BCUT2D eigenvalue weighted by molar-refractivity contribution is 7.85. The Bertz CT molecular complexity index is 1290. The lowest BCUT2D eigenvalue weighted by atomic mass is 10.00. The molecule has 62 heavy (non-hydrogen) atoms. The molecule has 0 aliphatic carbocycles. The number of ether oxygens (including phenoxy) is 4. The predicted octanol–water partition coefficient (Wildman–Crippen LogP) is 10.6. The van der Waals surface area contributed by atoms with Crippen molar-refractivity contribution in [3.05, 3.63) is 36.5 Å². The first-order valence-electron chi connectivity index (χ1n) is 24.5. The van der Waals surface area contributed by atoms with E-state index in [1.165, 1.54) is 103 Å². The van der Waals surface area contributed by atoms with Gasteiger partial charge in [-0.25, -0.2) is 0 Å². The van der Waals surface area contributed by atoms with Crippen LogP contribution in [0.15, 0.2) is 36.5 Å². The number of aliphatic hydroxyl groups excluding tert-OH is 3. The third kappa shape index (κ3) is 33.4. The zero-order valence-electron chi connectivity index (χ0n) is 38.7. The molecule has 13 heteroatoms. The number of carbonyl (C=O) groups is 2. The maximum absolute atomic E-state index is 12.8. The molecule has 1 saturated heterocycles. The second-order valence-electron chi connectivity index (χ2n) is 17.1. The van der Waals surface area contributed by atoms with Gasteiger partial charge in [0.2, 0.25) is 0 Å². The molecule has 0 aromatic rings. The van der Waals surface area contributed by atoms with Crippen LogP contribution in [0.25, 0.3) is 0 Å². The van der Waals surface area contributed by atoms with Gasteiger partial charge < -0.3 is 34.3 Å². The van der Waals surface area contributed by atoms with E-state index in [9.17, 15) is 37.9 Å². The molecule has 1 heterocycles. The molecule has 0 spiro atoms. The first kappa shape index (κ1) is 57.9. The number of rotatable bonds is 41. The Morgan fingerprint density at radius 2 is 0.968 bits per heavy atom. The molecule has 1 fully saturated rings. The van der Waals surface area contributed by atoms with Gasteiger partial charge in [-0.1, -0.05) is 159 Å². The fourth-order valence-electron chi connectivity index (χ4n) is 7.35. The van der Waals surface area contributed by atoms with Crippen molar-refractivity contribution in [1.29, 1.82) is 0 Å². The van der Waals surface area contributed by atoms with Crippen molar-refractivity contribution in [2.24, 2.45) is 0 Å². The molecule has 12 nitrogen and oxygen atoms in total. The van der Waals surface area contributed by atoms with Crippen molar-refractivity contribution < 1.29 is 56.8 Å². The van der Waals surface area contributed by atoms with Gasteiger partial charge in [0.25, 0.3) is 10.1 Å². The van der Waals surface area contributed by atoms with Crippen LogP contribution >= 0.6 is 0 Å². The SMILES string of the molecule is CCCCC/C=C/C/C=C/CCCCCCCCCCCC(=O)O[C@H](COC(=O)CCCCC/C=C/CCCCCCCCCC)CO[C@H]1O[C@H](CS(=O)(=O)O)[C@@H](O)C(O)C1O. The van der Waals surface area contributed by atoms with E-state index in [1.807, 2.05) is 0 Å². The molecular formula is C49H88O12S. The van der Waals surface area contributed by atoms with Gasteiger partial charge in [0.1, 0.15) is 36.8 Å². The van der Waals surface area contributed by atoms with Gasteiger partial charge in [0.15, 0.2) is 12.4 Å². The summed E-state index contributed by atoms with van der Waals surface area (Å²) in [4.78, 5) is 25.5. The van der Waals surface area contributed by atoms with Crippen LogP contribution in [0.1, 0.15) is 206 Å². The van der Waals surface area contributed by atoms with Gasteiger partial charge in [-0.15, -0.1) is 0 Å². The summed E-state index contributed by atoms with van der Waals surface area (Å²) in [5.74, 6) is -2.00. The quantitative estimate of drug-likeness (QED) is 0.0197. The summed E-state index contributed by atoms with van der Waals surface area (Å²) in [7, 11) is -4.61. The highest BCUT2D eigenvalue weighted by Crippen LogP contribution is 2.24. The Balaban J connectivity index is 2.41. The highest BCUT2D eigenvalue weighted by atomic mass is 32.2. The van der Waals surface area contributed by atoms with E-state index in [0.29, 0.717) is 12.8 Å². The minimum atomic E-state index is -4.61. The topological polar surface area (TPSA) is 186 Å². The van der Waals surface area contributed by atoms with E-state index in [2.05, 4.69) is 50.3 Å². The minimum absolute atomic E-state index is 0.157. The van der Waals surface area contributed by atoms with Gasteiger partial charge in [0.05, 0.1) is 6.61 Å². The summed E-state index contributed by atoms with van der Waals surface area (Å²) in [6, 6.07) is 0. The lowest BCUT2D eigenvalue weighted by Crippen LogP contribution is -2.60. The summed E-state index contributed by atoms with van der Waals surface area (Å²) in [5.41, 5.74) is 0. The molecule has 0 radical (unpaired) electrons. The van der Waals surface area contributed by atoms with E-state index in [4.69, 9.17) is 18.9 Å². The Hall–Kier alpha value is -2.13. The Labute approximate surface area is 376 Å². The van der Waals surface area contributed by atoms with Crippen molar-refractivity contribution in [1.82, 2.24) is 0 Å². The lowest BCUT2D eigenvalue weighted by molar-refractivity contribution is -0.297. The van der Waals surface area contributed by atoms with E-state index >= 15 is 0 Å². The summed E-state index contributed by atoms with van der Waals surface area (Å²) in [6.07, 6.45) is 36.1. The van der Waals surface area contributed by atoms with E-state index in [0.717, 1.165) is 64.2 Å². The van der Waals surface area contributed by atoms with E-state index in [-0.39, 0.29) is 19.4 Å². The highest BCUT2D eigenvalue weighted by Gasteiger charge is 2.46. The molecule has 362 valence electrons. The average molecular weight is 901 g/mol. The molecule has 1 aliphatic rings. The molecule has 0 bridgehead atoms. The standard InChI is InChI=1S/C49H88O12S/c1-3-5-7-9-11-13-15-17-19-20-21-22-24-26-28-30-32-34-36-38-45(51)60-42(40-59-49-48(54)47(53)46(52)43(61-49)41-62(55,56)57)39-58-44(50)37-35-33-31-29-27-25-23-18-16-14-12-10-8-6-4-2/h11,13,17,19,25,27,42-43,46-49,52-54H,3-10,12,14-16,18,20-24,26,28-41H2,1-2H3,(H,55,56,57)/b13-11+,19-17+,27-25+/t42-,43-,46-,47?,48?,49+/m1/s1. The Kier molecular flexibility index (Phi) is 36.6. The van der Waals surface area contributed by atoms with Gasteiger partial charge in [-0.05, 0) is 70.6 Å². The van der Waals surface area contributed by atoms with Crippen LogP contribution in [0.4, 0.5) is 0 Å². The third-order valence-corrected chi connectivity index (χ3v) is 11.9. The van der Waals surface area contributed by atoms with Crippen LogP contribution in [-0.2, 0) is 38.7 Å². The van der Waals surface area contributed by atoms with E-state index in [1.54, 1.807) is 0 Å². The van der Waals surface area contributed by atoms with Crippen molar-refractivity contribution >= 4 is 22.1 Å². The molecule has 0 saturated carbocycles. The summed E-state index contributed by atoms with van der Waals surface area (Å²) in [6.45, 7) is 3.73. The van der Waals surface area contributed by atoms with Crippen LogP contribution in [0.2, 0.25) is 0 Å². The van der Waals surface area contributed by atoms with Crippen LogP contribution in [0.5, 0.6) is 0 Å². The van der Waals surface area contributed by atoms with Gasteiger partial charge in [-0.3, -0.25) is 14.1 Å². The van der Waals surface area contributed by atoms with Crippen LogP contribution in [-0.4, -0.2) is 96.0 Å². The summed E-state index contributed by atoms with van der Waals surface area (Å²) in [5, 5.41) is 30.9. The summed E-state index contributed by atoms with van der Waals surface area (Å²) < 4.78 is 54.1. The predicted molar refractivity (Wildman–Crippen MR) is 247 cm³/mol. The van der Waals surface area contributed by atoms with Gasteiger partial charge in [0, 0.05) is 12.8 Å². The number of unbranched alkanes of at least 4 members (excludes halogenated alkanes) is 23. The molecule has 1 rings (SSSR count). The number of allylic oxidation sites excluding steroid dienone is 6. The van der Waals surface area contributed by atoms with Crippen molar-refractivity contribution in [2.75, 3.05) is 19.0 Å². The number of esters is 2. The lowest BCUT2D eigenvalue weighted by Gasteiger charge is -2.40. The molecule has 0 aromatic heterocycles. The largest absolute Gasteiger partial charge is 0.462 e. The normalized spacial score (nSPS) is 20.1. The van der Waals surface area contributed by atoms with Crippen molar-refractivity contribution in [3.8, 4) is 0 Å². The number of carbonyl (C=O) groups excluding carboxylic acids is 2.